The van der Waals surface area contributed by atoms with E-state index in [4.69, 9.17) is 5.26 Å². The van der Waals surface area contributed by atoms with Crippen molar-refractivity contribution < 1.29 is 8.42 Å². The van der Waals surface area contributed by atoms with Crippen molar-refractivity contribution in [1.29, 1.82) is 5.26 Å². The molecular weight excluding hydrogens is 360 g/mol. The Hall–Kier alpha value is -3.08. The van der Waals surface area contributed by atoms with Crippen molar-refractivity contribution in [3.05, 3.63) is 89.0 Å². The van der Waals surface area contributed by atoms with Crippen LogP contribution in [0.25, 0.3) is 0 Å². The number of aromatic nitrogens is 2. The van der Waals surface area contributed by atoms with Gasteiger partial charge in [-0.05, 0) is 48.5 Å². The Balaban J connectivity index is 1.78. The third-order valence-corrected chi connectivity index (χ3v) is 5.52. The number of sulfonamides is 1. The van der Waals surface area contributed by atoms with Crippen molar-refractivity contribution in [2.24, 2.45) is 0 Å². The molecule has 136 valence electrons. The standard InChI is InChI=1S/C20H18N4O2S/c1-22-27(25,26)20-4-2-3-17(11-20)10-19-12-18(23-14-24-19)9-15-5-7-16(13-21)8-6-15/h2-8,11-12,14,22H,9-10H2,1H3. The Morgan fingerprint density at radius 1 is 0.963 bits per heavy atom. The number of nitriles is 1. The molecule has 0 spiro atoms. The molecule has 27 heavy (non-hydrogen) atoms. The number of benzene rings is 2. The molecule has 0 saturated heterocycles. The van der Waals surface area contributed by atoms with Crippen LogP contribution < -0.4 is 4.72 Å². The second-order valence-corrected chi connectivity index (χ2v) is 7.90. The SMILES string of the molecule is CNS(=O)(=O)c1cccc(Cc2cc(Cc3ccc(C#N)cc3)ncn2)c1. The van der Waals surface area contributed by atoms with Gasteiger partial charge in [-0.2, -0.15) is 5.26 Å². The van der Waals surface area contributed by atoms with Crippen LogP contribution in [-0.4, -0.2) is 25.4 Å². The lowest BCUT2D eigenvalue weighted by atomic mass is 10.1. The van der Waals surface area contributed by atoms with Gasteiger partial charge in [-0.15, -0.1) is 0 Å². The van der Waals surface area contributed by atoms with E-state index in [0.29, 0.717) is 18.4 Å². The van der Waals surface area contributed by atoms with E-state index < -0.39 is 10.0 Å². The lowest BCUT2D eigenvalue weighted by Gasteiger charge is -2.07. The van der Waals surface area contributed by atoms with E-state index in [2.05, 4.69) is 20.8 Å². The summed E-state index contributed by atoms with van der Waals surface area (Å²) in [6, 6.07) is 18.2. The van der Waals surface area contributed by atoms with E-state index >= 15 is 0 Å². The molecule has 0 aliphatic carbocycles. The molecule has 0 atom stereocenters. The molecule has 3 aromatic rings. The molecule has 1 aromatic heterocycles. The summed E-state index contributed by atoms with van der Waals surface area (Å²) in [6.45, 7) is 0. The quantitative estimate of drug-likeness (QED) is 0.711. The van der Waals surface area contributed by atoms with E-state index in [1.807, 2.05) is 24.3 Å². The van der Waals surface area contributed by atoms with Crippen molar-refractivity contribution in [2.45, 2.75) is 17.7 Å². The predicted octanol–water partition coefficient (Wildman–Crippen LogP) is 2.44. The monoisotopic (exact) mass is 378 g/mol. The first kappa shape index (κ1) is 18.7. The molecule has 0 fully saturated rings. The fraction of sp³-hybridized carbons (Fsp3) is 0.150. The van der Waals surface area contributed by atoms with Crippen LogP contribution in [0.5, 0.6) is 0 Å². The average molecular weight is 378 g/mol. The van der Waals surface area contributed by atoms with Gasteiger partial charge in [0.15, 0.2) is 0 Å². The maximum Gasteiger partial charge on any atom is 0.240 e. The summed E-state index contributed by atoms with van der Waals surface area (Å²) in [5.41, 5.74) is 4.21. The van der Waals surface area contributed by atoms with Crippen LogP contribution in [-0.2, 0) is 22.9 Å². The van der Waals surface area contributed by atoms with Crippen molar-refractivity contribution in [3.8, 4) is 6.07 Å². The Kier molecular flexibility index (Phi) is 5.60. The summed E-state index contributed by atoms with van der Waals surface area (Å²) in [5.74, 6) is 0. The first-order valence-electron chi connectivity index (χ1n) is 8.31. The van der Waals surface area contributed by atoms with Gasteiger partial charge in [0, 0.05) is 24.2 Å². The van der Waals surface area contributed by atoms with Crippen LogP contribution in [0.4, 0.5) is 0 Å². The van der Waals surface area contributed by atoms with Crippen LogP contribution in [0.15, 0.2) is 65.8 Å². The molecule has 0 radical (unpaired) electrons. The molecular formula is C20H18N4O2S. The van der Waals surface area contributed by atoms with Gasteiger partial charge in [-0.1, -0.05) is 24.3 Å². The summed E-state index contributed by atoms with van der Waals surface area (Å²) in [5, 5.41) is 8.87. The molecule has 3 rings (SSSR count). The Labute approximate surface area is 158 Å². The topological polar surface area (TPSA) is 95.7 Å². The zero-order chi connectivity index (χ0) is 19.3. The second kappa shape index (κ2) is 8.08. The van der Waals surface area contributed by atoms with Gasteiger partial charge in [-0.25, -0.2) is 23.1 Å². The van der Waals surface area contributed by atoms with E-state index in [-0.39, 0.29) is 4.90 Å². The van der Waals surface area contributed by atoms with Crippen molar-refractivity contribution in [1.82, 2.24) is 14.7 Å². The van der Waals surface area contributed by atoms with Crippen LogP contribution in [0.3, 0.4) is 0 Å². The van der Waals surface area contributed by atoms with Crippen LogP contribution in [0, 0.1) is 11.3 Å². The third-order valence-electron chi connectivity index (χ3n) is 4.11. The molecule has 2 aromatic carbocycles. The number of nitrogens with zero attached hydrogens (tertiary/aromatic N) is 3. The first-order chi connectivity index (χ1) is 13.0. The number of rotatable bonds is 6. The maximum atomic E-state index is 12.0. The van der Waals surface area contributed by atoms with Gasteiger partial charge in [-0.3, -0.25) is 0 Å². The Morgan fingerprint density at radius 2 is 1.63 bits per heavy atom. The summed E-state index contributed by atoms with van der Waals surface area (Å²) in [4.78, 5) is 8.83. The van der Waals surface area contributed by atoms with E-state index in [1.54, 1.807) is 30.3 Å². The smallest absolute Gasteiger partial charge is 0.240 e. The number of nitrogens with one attached hydrogen (secondary N) is 1. The van der Waals surface area contributed by atoms with Gasteiger partial charge in [0.25, 0.3) is 0 Å². The fourth-order valence-corrected chi connectivity index (χ4v) is 3.49. The van der Waals surface area contributed by atoms with Crippen LogP contribution in [0.1, 0.15) is 28.1 Å². The summed E-state index contributed by atoms with van der Waals surface area (Å²) in [7, 11) is -2.08. The van der Waals surface area contributed by atoms with Gasteiger partial charge < -0.3 is 0 Å². The fourth-order valence-electron chi connectivity index (χ4n) is 2.69. The molecule has 0 bridgehead atoms. The Morgan fingerprint density at radius 3 is 2.26 bits per heavy atom. The van der Waals surface area contributed by atoms with Crippen molar-refractivity contribution >= 4 is 10.0 Å². The zero-order valence-electron chi connectivity index (χ0n) is 14.8. The number of hydrogen-bond acceptors (Lipinski definition) is 5. The highest BCUT2D eigenvalue weighted by Crippen LogP contribution is 2.15. The van der Waals surface area contributed by atoms with E-state index in [9.17, 15) is 8.42 Å². The highest BCUT2D eigenvalue weighted by atomic mass is 32.2. The summed E-state index contributed by atoms with van der Waals surface area (Å²) >= 11 is 0. The molecule has 0 aliphatic heterocycles. The predicted molar refractivity (Wildman–Crippen MR) is 101 cm³/mol. The van der Waals surface area contributed by atoms with E-state index in [0.717, 1.165) is 22.5 Å². The lowest BCUT2D eigenvalue weighted by Crippen LogP contribution is -2.18. The van der Waals surface area contributed by atoms with Crippen molar-refractivity contribution in [3.63, 3.8) is 0 Å². The zero-order valence-corrected chi connectivity index (χ0v) is 15.6. The average Bonchev–Trinajstić information content (AvgIpc) is 2.69. The molecule has 1 heterocycles. The lowest BCUT2D eigenvalue weighted by molar-refractivity contribution is 0.588. The molecule has 0 saturated carbocycles. The molecule has 1 N–H and O–H groups in total. The van der Waals surface area contributed by atoms with Gasteiger partial charge in [0.05, 0.1) is 16.5 Å². The Bertz CT molecular complexity index is 1090. The summed E-state index contributed by atoms with van der Waals surface area (Å²) in [6.07, 6.45) is 2.66. The molecule has 0 amide bonds. The minimum absolute atomic E-state index is 0.231. The molecule has 7 heteroatoms. The maximum absolute atomic E-state index is 12.0. The highest BCUT2D eigenvalue weighted by Gasteiger charge is 2.12. The summed E-state index contributed by atoms with van der Waals surface area (Å²) < 4.78 is 26.2. The minimum Gasteiger partial charge on any atom is -0.241 e. The minimum atomic E-state index is -3.47. The normalized spacial score (nSPS) is 11.1. The van der Waals surface area contributed by atoms with Crippen LogP contribution >= 0.6 is 0 Å². The highest BCUT2D eigenvalue weighted by molar-refractivity contribution is 7.89. The third kappa shape index (κ3) is 4.76. The largest absolute Gasteiger partial charge is 0.241 e. The van der Waals surface area contributed by atoms with Gasteiger partial charge in [0.1, 0.15) is 6.33 Å². The first-order valence-corrected chi connectivity index (χ1v) is 9.80. The van der Waals surface area contributed by atoms with Gasteiger partial charge >= 0.3 is 0 Å². The number of hydrogen-bond donors (Lipinski definition) is 1. The van der Waals surface area contributed by atoms with Crippen molar-refractivity contribution in [2.75, 3.05) is 7.05 Å². The second-order valence-electron chi connectivity index (χ2n) is 6.02. The molecule has 0 unspecified atom stereocenters. The van der Waals surface area contributed by atoms with Gasteiger partial charge in [0.2, 0.25) is 10.0 Å². The van der Waals surface area contributed by atoms with Crippen LogP contribution in [0.2, 0.25) is 0 Å². The molecule has 6 nitrogen and oxygen atoms in total. The molecule has 0 aliphatic rings. The van der Waals surface area contributed by atoms with E-state index in [1.165, 1.54) is 13.4 Å².